The van der Waals surface area contributed by atoms with Crippen LogP contribution in [0.1, 0.15) is 43.4 Å². The van der Waals surface area contributed by atoms with Crippen molar-refractivity contribution in [2.75, 3.05) is 5.32 Å². The van der Waals surface area contributed by atoms with Gasteiger partial charge in [0, 0.05) is 31.9 Å². The number of carbonyl (C=O) groups excluding carboxylic acids is 2. The van der Waals surface area contributed by atoms with Crippen LogP contribution < -0.4 is 10.6 Å². The molecule has 0 fully saturated rings. The second-order valence-electron chi connectivity index (χ2n) is 7.17. The van der Waals surface area contributed by atoms with Crippen LogP contribution in [0.3, 0.4) is 0 Å². The summed E-state index contributed by atoms with van der Waals surface area (Å²) in [5.41, 5.74) is -1.03. The van der Waals surface area contributed by atoms with Crippen molar-refractivity contribution in [2.24, 2.45) is 0 Å². The Hall–Kier alpha value is -2.98. The summed E-state index contributed by atoms with van der Waals surface area (Å²) in [5, 5.41) is 5.15. The average molecular weight is 546 g/mol. The zero-order chi connectivity index (χ0) is 24.1. The molecular formula is C22H11BrClF5N2O2. The van der Waals surface area contributed by atoms with E-state index in [0.717, 1.165) is 12.1 Å². The molecule has 2 N–H and O–H groups in total. The zero-order valence-corrected chi connectivity index (χ0v) is 18.5. The highest BCUT2D eigenvalue weighted by Crippen LogP contribution is 2.41. The van der Waals surface area contributed by atoms with E-state index in [1.165, 1.54) is 18.2 Å². The first-order chi connectivity index (χ1) is 15.4. The number of amides is 2. The second kappa shape index (κ2) is 8.42. The Morgan fingerprint density at radius 3 is 2.42 bits per heavy atom. The molecule has 0 spiro atoms. The third kappa shape index (κ3) is 4.58. The molecule has 0 bridgehead atoms. The molecule has 0 aliphatic carbocycles. The molecule has 0 radical (unpaired) electrons. The maximum atomic E-state index is 13.8. The molecule has 1 atom stereocenters. The van der Waals surface area contributed by atoms with Gasteiger partial charge in [-0.25, -0.2) is 8.78 Å². The predicted octanol–water partition coefficient (Wildman–Crippen LogP) is 6.48. The van der Waals surface area contributed by atoms with Gasteiger partial charge in [-0.2, -0.15) is 13.2 Å². The van der Waals surface area contributed by atoms with Gasteiger partial charge in [-0.3, -0.25) is 9.59 Å². The van der Waals surface area contributed by atoms with Crippen molar-refractivity contribution < 1.29 is 31.5 Å². The van der Waals surface area contributed by atoms with Crippen molar-refractivity contribution in [3.05, 3.63) is 97.5 Å². The topological polar surface area (TPSA) is 58.2 Å². The summed E-state index contributed by atoms with van der Waals surface area (Å²) in [6.07, 6.45) is -4.85. The summed E-state index contributed by atoms with van der Waals surface area (Å²) in [7, 11) is 0. The fraction of sp³-hybridized carbons (Fsp3) is 0.0909. The average Bonchev–Trinajstić information content (AvgIpc) is 3.03. The predicted molar refractivity (Wildman–Crippen MR) is 114 cm³/mol. The lowest BCUT2D eigenvalue weighted by atomic mass is 9.96. The van der Waals surface area contributed by atoms with Gasteiger partial charge in [-0.1, -0.05) is 33.6 Å². The maximum Gasteiger partial charge on any atom is 0.416 e. The number of halogens is 7. The number of anilines is 1. The minimum atomic E-state index is -4.85. The molecule has 2 amide bonds. The Morgan fingerprint density at radius 2 is 1.76 bits per heavy atom. The van der Waals surface area contributed by atoms with E-state index in [2.05, 4.69) is 26.6 Å². The SMILES string of the molecule is O=C(Nc1cc(Br)cc2c1C(c1ccc(F)cc1Cl)NC2=O)c1cc(F)cc(C(F)(F)F)c1. The van der Waals surface area contributed by atoms with Gasteiger partial charge >= 0.3 is 6.18 Å². The molecule has 4 nitrogen and oxygen atoms in total. The Kier molecular flexibility index (Phi) is 5.92. The molecule has 1 heterocycles. The number of carbonyl (C=O) groups is 2. The number of benzene rings is 3. The molecule has 0 aromatic heterocycles. The quantitative estimate of drug-likeness (QED) is 0.370. The molecule has 3 aromatic rings. The van der Waals surface area contributed by atoms with Crippen molar-refractivity contribution in [3.8, 4) is 0 Å². The van der Waals surface area contributed by atoms with Crippen LogP contribution in [0.5, 0.6) is 0 Å². The van der Waals surface area contributed by atoms with Crippen LogP contribution >= 0.6 is 27.5 Å². The zero-order valence-electron chi connectivity index (χ0n) is 16.2. The van der Waals surface area contributed by atoms with E-state index in [9.17, 15) is 31.5 Å². The van der Waals surface area contributed by atoms with Crippen molar-refractivity contribution in [1.82, 2.24) is 5.32 Å². The van der Waals surface area contributed by atoms with Crippen LogP contribution in [-0.4, -0.2) is 11.8 Å². The minimum absolute atomic E-state index is 0.0216. The third-order valence-electron chi connectivity index (χ3n) is 4.96. The molecule has 1 unspecified atom stereocenters. The van der Waals surface area contributed by atoms with E-state index in [0.29, 0.717) is 22.2 Å². The first-order valence-electron chi connectivity index (χ1n) is 9.22. The first kappa shape index (κ1) is 23.2. The molecule has 0 saturated carbocycles. The lowest BCUT2D eigenvalue weighted by Gasteiger charge is -2.18. The lowest BCUT2D eigenvalue weighted by molar-refractivity contribution is -0.137. The summed E-state index contributed by atoms with van der Waals surface area (Å²) in [4.78, 5) is 25.3. The van der Waals surface area contributed by atoms with Gasteiger partial charge in [0.25, 0.3) is 11.8 Å². The summed E-state index contributed by atoms with van der Waals surface area (Å²) >= 11 is 9.37. The molecule has 3 aromatic carbocycles. The monoisotopic (exact) mass is 544 g/mol. The molecule has 170 valence electrons. The molecule has 1 aliphatic heterocycles. The van der Waals surface area contributed by atoms with Crippen molar-refractivity contribution >= 4 is 45.0 Å². The normalized spacial score (nSPS) is 15.2. The van der Waals surface area contributed by atoms with Gasteiger partial charge < -0.3 is 10.6 Å². The highest BCUT2D eigenvalue weighted by Gasteiger charge is 2.35. The van der Waals surface area contributed by atoms with E-state index < -0.39 is 46.8 Å². The van der Waals surface area contributed by atoms with Crippen LogP contribution in [0.4, 0.5) is 27.6 Å². The van der Waals surface area contributed by atoms with Gasteiger partial charge in [-0.15, -0.1) is 0 Å². The van der Waals surface area contributed by atoms with E-state index in [4.69, 9.17) is 11.6 Å². The summed E-state index contributed by atoms with van der Waals surface area (Å²) in [6, 6.07) is 7.10. The van der Waals surface area contributed by atoms with E-state index in [1.54, 1.807) is 0 Å². The summed E-state index contributed by atoms with van der Waals surface area (Å²) in [5.74, 6) is -3.35. The van der Waals surface area contributed by atoms with Gasteiger partial charge in [0.2, 0.25) is 0 Å². The molecule has 1 aliphatic rings. The Labute approximate surface area is 196 Å². The highest BCUT2D eigenvalue weighted by molar-refractivity contribution is 9.10. The number of hydrogen-bond acceptors (Lipinski definition) is 2. The Balaban J connectivity index is 1.78. The van der Waals surface area contributed by atoms with E-state index in [1.807, 2.05) is 0 Å². The highest BCUT2D eigenvalue weighted by atomic mass is 79.9. The van der Waals surface area contributed by atoms with Crippen molar-refractivity contribution in [1.29, 1.82) is 0 Å². The van der Waals surface area contributed by atoms with Crippen molar-refractivity contribution in [2.45, 2.75) is 12.2 Å². The van der Waals surface area contributed by atoms with Crippen LogP contribution in [0.15, 0.2) is 53.0 Å². The number of nitrogens with one attached hydrogen (secondary N) is 2. The molecule has 0 saturated heterocycles. The number of hydrogen-bond donors (Lipinski definition) is 2. The number of fused-ring (bicyclic) bond motifs is 1. The maximum absolute atomic E-state index is 13.8. The van der Waals surface area contributed by atoms with Crippen LogP contribution in [0, 0.1) is 11.6 Å². The smallest absolute Gasteiger partial charge is 0.341 e. The summed E-state index contributed by atoms with van der Waals surface area (Å²) in [6.45, 7) is 0. The van der Waals surface area contributed by atoms with Crippen molar-refractivity contribution in [3.63, 3.8) is 0 Å². The number of rotatable bonds is 3. The number of alkyl halides is 3. The van der Waals surface area contributed by atoms with E-state index in [-0.39, 0.29) is 27.9 Å². The molecule has 11 heteroatoms. The first-order valence-corrected chi connectivity index (χ1v) is 10.4. The van der Waals surface area contributed by atoms with Gasteiger partial charge in [0.15, 0.2) is 0 Å². The second-order valence-corrected chi connectivity index (χ2v) is 8.49. The van der Waals surface area contributed by atoms with Gasteiger partial charge in [0.1, 0.15) is 11.6 Å². The largest absolute Gasteiger partial charge is 0.416 e. The van der Waals surface area contributed by atoms with Crippen LogP contribution in [0.25, 0.3) is 0 Å². The fourth-order valence-electron chi connectivity index (χ4n) is 3.55. The Bertz CT molecular complexity index is 1310. The third-order valence-corrected chi connectivity index (χ3v) is 5.75. The minimum Gasteiger partial charge on any atom is -0.341 e. The molecular weight excluding hydrogens is 535 g/mol. The Morgan fingerprint density at radius 1 is 1.03 bits per heavy atom. The lowest BCUT2D eigenvalue weighted by Crippen LogP contribution is -2.21. The van der Waals surface area contributed by atoms with Gasteiger partial charge in [-0.05, 0) is 48.0 Å². The standard InChI is InChI=1S/C22H11BrClF5N2O2/c23-11-6-15-18(19(31-21(15)33)14-2-1-12(25)8-16(14)24)17(7-11)30-20(32)9-3-10(22(27,28)29)5-13(26)4-9/h1-8,19H,(H,30,32)(H,31,33). The molecule has 33 heavy (non-hydrogen) atoms. The van der Waals surface area contributed by atoms with Crippen LogP contribution in [0.2, 0.25) is 5.02 Å². The fourth-order valence-corrected chi connectivity index (χ4v) is 4.28. The van der Waals surface area contributed by atoms with Crippen LogP contribution in [-0.2, 0) is 6.18 Å². The van der Waals surface area contributed by atoms with Gasteiger partial charge in [0.05, 0.1) is 11.6 Å². The van der Waals surface area contributed by atoms with E-state index >= 15 is 0 Å². The molecule has 4 rings (SSSR count). The summed E-state index contributed by atoms with van der Waals surface area (Å²) < 4.78 is 66.8.